The van der Waals surface area contributed by atoms with Crippen molar-refractivity contribution in [3.8, 4) is 11.8 Å². The van der Waals surface area contributed by atoms with Gasteiger partial charge in [0.15, 0.2) is 0 Å². The Morgan fingerprint density at radius 1 is 1.23 bits per heavy atom. The van der Waals surface area contributed by atoms with Gasteiger partial charge in [0.1, 0.15) is 12.2 Å². The van der Waals surface area contributed by atoms with Crippen molar-refractivity contribution in [1.82, 2.24) is 4.90 Å². The van der Waals surface area contributed by atoms with E-state index >= 15 is 0 Å². The van der Waals surface area contributed by atoms with Crippen LogP contribution < -0.4 is 15.0 Å². The van der Waals surface area contributed by atoms with Crippen molar-refractivity contribution >= 4 is 17.3 Å². The monoisotopic (exact) mass is 356 g/mol. The first-order valence-electron chi connectivity index (χ1n) is 9.34. The van der Waals surface area contributed by atoms with Crippen molar-refractivity contribution in [2.45, 2.75) is 32.1 Å². The van der Waals surface area contributed by atoms with Crippen molar-refractivity contribution in [2.24, 2.45) is 5.41 Å². The summed E-state index contributed by atoms with van der Waals surface area (Å²) in [6, 6.07) is 7.73. The summed E-state index contributed by atoms with van der Waals surface area (Å²) in [6.45, 7) is 4.55. The minimum absolute atomic E-state index is 0.158. The number of rotatable bonds is 4. The van der Waals surface area contributed by atoms with Crippen LogP contribution >= 0.6 is 0 Å². The molecule has 6 heteroatoms. The lowest BCUT2D eigenvalue weighted by atomic mass is 9.71. The summed E-state index contributed by atoms with van der Waals surface area (Å²) in [6.07, 6.45) is 4.94. The molecule has 2 heterocycles. The number of piperidine rings is 2. The summed E-state index contributed by atoms with van der Waals surface area (Å²) in [5, 5.41) is 11.4. The molecule has 2 saturated heterocycles. The van der Waals surface area contributed by atoms with Crippen molar-refractivity contribution in [3.63, 3.8) is 0 Å². The molecule has 0 saturated carbocycles. The predicted octanol–water partition coefficient (Wildman–Crippen LogP) is 2.86. The molecule has 0 aliphatic carbocycles. The molecule has 1 aromatic carbocycles. The highest BCUT2D eigenvalue weighted by molar-refractivity contribution is 5.93. The number of hydrogen-bond donors (Lipinski definition) is 1. The van der Waals surface area contributed by atoms with E-state index in [0.29, 0.717) is 16.9 Å². The van der Waals surface area contributed by atoms with E-state index in [9.17, 15) is 4.79 Å². The van der Waals surface area contributed by atoms with Crippen LogP contribution in [0.1, 0.15) is 32.1 Å². The largest absolute Gasteiger partial charge is 0.494 e. The van der Waals surface area contributed by atoms with Gasteiger partial charge in [0.05, 0.1) is 18.9 Å². The SMILES string of the molecule is COc1cc(N2CCC3(CCN(C)CC3)CC2)ccc1NC(=O)CC#N. The molecule has 1 aromatic rings. The second-order valence-electron chi connectivity index (χ2n) is 7.56. The standard InChI is InChI=1S/C20H28N4O2/c1-23-11-6-20(7-12-23)8-13-24(14-9-20)16-3-4-17(18(15-16)26-2)22-19(25)5-10-21/h3-4,15H,5-9,11-14H2,1-2H3,(H,22,25). The Hall–Kier alpha value is -2.26. The molecule has 0 bridgehead atoms. The number of ether oxygens (including phenoxy) is 1. The van der Waals surface area contributed by atoms with Crippen LogP contribution in [0.4, 0.5) is 11.4 Å². The minimum atomic E-state index is -0.319. The van der Waals surface area contributed by atoms with Crippen LogP contribution in [-0.2, 0) is 4.79 Å². The summed E-state index contributed by atoms with van der Waals surface area (Å²) in [5.74, 6) is 0.314. The van der Waals surface area contributed by atoms with Crippen LogP contribution in [0.15, 0.2) is 18.2 Å². The number of hydrogen-bond acceptors (Lipinski definition) is 5. The van der Waals surface area contributed by atoms with E-state index in [1.54, 1.807) is 7.11 Å². The fourth-order valence-corrected chi connectivity index (χ4v) is 4.08. The van der Waals surface area contributed by atoms with Gasteiger partial charge in [0, 0.05) is 24.8 Å². The number of nitrogens with zero attached hydrogens (tertiary/aromatic N) is 3. The lowest BCUT2D eigenvalue weighted by Crippen LogP contribution is -2.46. The fraction of sp³-hybridized carbons (Fsp3) is 0.600. The maximum Gasteiger partial charge on any atom is 0.238 e. The first kappa shape index (κ1) is 18.5. The van der Waals surface area contributed by atoms with Crippen LogP contribution in [0.3, 0.4) is 0 Å². The normalized spacial score (nSPS) is 19.8. The average Bonchev–Trinajstić information content (AvgIpc) is 2.66. The number of methoxy groups -OCH3 is 1. The number of carbonyl (C=O) groups excluding carboxylic acids is 1. The third-order valence-electron chi connectivity index (χ3n) is 5.94. The summed E-state index contributed by atoms with van der Waals surface area (Å²) in [4.78, 5) is 16.5. The average molecular weight is 356 g/mol. The topological polar surface area (TPSA) is 68.6 Å². The number of nitrogens with one attached hydrogen (secondary N) is 1. The van der Waals surface area contributed by atoms with E-state index in [4.69, 9.17) is 10.00 Å². The van der Waals surface area contributed by atoms with Crippen LogP contribution in [0.25, 0.3) is 0 Å². The van der Waals surface area contributed by atoms with Gasteiger partial charge in [-0.25, -0.2) is 0 Å². The van der Waals surface area contributed by atoms with Gasteiger partial charge in [-0.2, -0.15) is 5.26 Å². The first-order chi connectivity index (χ1) is 12.5. The number of nitriles is 1. The van der Waals surface area contributed by atoms with E-state index in [0.717, 1.165) is 18.8 Å². The summed E-state index contributed by atoms with van der Waals surface area (Å²) < 4.78 is 5.45. The number of likely N-dealkylation sites (tertiary alicyclic amines) is 1. The highest BCUT2D eigenvalue weighted by Gasteiger charge is 2.36. The third-order valence-corrected chi connectivity index (χ3v) is 5.94. The maximum atomic E-state index is 11.7. The summed E-state index contributed by atoms with van der Waals surface area (Å²) >= 11 is 0. The van der Waals surface area contributed by atoms with Gasteiger partial charge in [-0.3, -0.25) is 4.79 Å². The summed E-state index contributed by atoms with van der Waals surface area (Å²) in [7, 11) is 3.81. The molecule has 26 heavy (non-hydrogen) atoms. The third kappa shape index (κ3) is 4.10. The number of amides is 1. The van der Waals surface area contributed by atoms with Gasteiger partial charge in [-0.05, 0) is 63.4 Å². The fourth-order valence-electron chi connectivity index (χ4n) is 4.08. The molecule has 6 nitrogen and oxygen atoms in total. The zero-order valence-electron chi connectivity index (χ0n) is 15.8. The Kier molecular flexibility index (Phi) is 5.67. The smallest absolute Gasteiger partial charge is 0.238 e. The molecule has 0 aromatic heterocycles. The van der Waals surface area contributed by atoms with E-state index in [2.05, 4.69) is 22.2 Å². The van der Waals surface area contributed by atoms with Crippen molar-refractivity contribution < 1.29 is 9.53 Å². The molecular formula is C20H28N4O2. The van der Waals surface area contributed by atoms with Gasteiger partial charge < -0.3 is 19.9 Å². The van der Waals surface area contributed by atoms with E-state index in [1.807, 2.05) is 24.3 Å². The highest BCUT2D eigenvalue weighted by Crippen LogP contribution is 2.42. The second kappa shape index (κ2) is 7.96. The lowest BCUT2D eigenvalue weighted by molar-refractivity contribution is -0.115. The van der Waals surface area contributed by atoms with Gasteiger partial charge in [-0.15, -0.1) is 0 Å². The van der Waals surface area contributed by atoms with Gasteiger partial charge in [-0.1, -0.05) is 0 Å². The number of anilines is 2. The van der Waals surface area contributed by atoms with Crippen molar-refractivity contribution in [3.05, 3.63) is 18.2 Å². The molecule has 0 unspecified atom stereocenters. The number of benzene rings is 1. The molecule has 0 atom stereocenters. The zero-order valence-corrected chi connectivity index (χ0v) is 15.8. The van der Waals surface area contributed by atoms with Gasteiger partial charge in [0.25, 0.3) is 0 Å². The Bertz CT molecular complexity index is 680. The van der Waals surface area contributed by atoms with E-state index in [1.165, 1.54) is 38.8 Å². The Morgan fingerprint density at radius 2 is 1.88 bits per heavy atom. The molecule has 0 radical (unpaired) electrons. The predicted molar refractivity (Wildman–Crippen MR) is 102 cm³/mol. The Morgan fingerprint density at radius 3 is 2.50 bits per heavy atom. The van der Waals surface area contributed by atoms with Crippen LogP contribution in [-0.4, -0.2) is 51.1 Å². The minimum Gasteiger partial charge on any atom is -0.494 e. The first-order valence-corrected chi connectivity index (χ1v) is 9.34. The lowest BCUT2D eigenvalue weighted by Gasteiger charge is -2.47. The maximum absolute atomic E-state index is 11.7. The van der Waals surface area contributed by atoms with Crippen molar-refractivity contribution in [2.75, 3.05) is 50.6 Å². The zero-order chi connectivity index (χ0) is 18.6. The molecule has 1 spiro atoms. The van der Waals surface area contributed by atoms with Gasteiger partial charge >= 0.3 is 0 Å². The summed E-state index contributed by atoms with van der Waals surface area (Å²) in [5.41, 5.74) is 2.27. The van der Waals surface area contributed by atoms with E-state index < -0.39 is 0 Å². The molecular weight excluding hydrogens is 328 g/mol. The molecule has 2 aliphatic rings. The van der Waals surface area contributed by atoms with Crippen LogP contribution in [0.5, 0.6) is 5.75 Å². The Labute approximate surface area is 155 Å². The molecule has 2 fully saturated rings. The second-order valence-corrected chi connectivity index (χ2v) is 7.56. The molecule has 140 valence electrons. The Balaban J connectivity index is 1.65. The highest BCUT2D eigenvalue weighted by atomic mass is 16.5. The number of carbonyl (C=O) groups is 1. The quantitative estimate of drug-likeness (QED) is 0.898. The van der Waals surface area contributed by atoms with Crippen molar-refractivity contribution in [1.29, 1.82) is 5.26 Å². The van der Waals surface area contributed by atoms with Crippen LogP contribution in [0, 0.1) is 16.7 Å². The van der Waals surface area contributed by atoms with Gasteiger partial charge in [0.2, 0.25) is 5.91 Å². The van der Waals surface area contributed by atoms with Crippen LogP contribution in [0.2, 0.25) is 0 Å². The molecule has 1 N–H and O–H groups in total. The molecule has 2 aliphatic heterocycles. The molecule has 3 rings (SSSR count). The van der Waals surface area contributed by atoms with E-state index in [-0.39, 0.29) is 12.3 Å². The molecule has 1 amide bonds.